The molecule has 0 aromatic heterocycles. The summed E-state index contributed by atoms with van der Waals surface area (Å²) in [6, 6.07) is 6.44. The highest BCUT2D eigenvalue weighted by atomic mass is 35.5. The number of carbonyl (C=O) groups is 1. The molecule has 0 fully saturated rings. The summed E-state index contributed by atoms with van der Waals surface area (Å²) >= 11 is 5.78. The van der Waals surface area contributed by atoms with Gasteiger partial charge in [0.1, 0.15) is 0 Å². The number of hydrogen-bond acceptors (Lipinski definition) is 4. The minimum Gasteiger partial charge on any atom is -0.352 e. The smallest absolute Gasteiger partial charge is 0.319 e. The molecule has 21 heavy (non-hydrogen) atoms. The average molecular weight is 313 g/mol. The number of anilines is 1. The zero-order valence-corrected chi connectivity index (χ0v) is 12.5. The van der Waals surface area contributed by atoms with Crippen LogP contribution in [0, 0.1) is 0 Å². The van der Waals surface area contributed by atoms with Crippen LogP contribution < -0.4 is 10.6 Å². The van der Waals surface area contributed by atoms with Crippen molar-refractivity contribution in [3.05, 3.63) is 41.4 Å². The van der Waals surface area contributed by atoms with Gasteiger partial charge in [-0.1, -0.05) is 11.6 Å². The van der Waals surface area contributed by atoms with Crippen molar-refractivity contribution >= 4 is 23.3 Å². The molecule has 2 amide bonds. The van der Waals surface area contributed by atoms with Crippen molar-refractivity contribution in [3.8, 4) is 0 Å². The normalized spacial score (nSPS) is 24.0. The Kier molecular flexibility index (Phi) is 5.19. The molecule has 2 rings (SSSR count). The third-order valence-corrected chi connectivity index (χ3v) is 3.25. The molecule has 0 spiro atoms. The maximum atomic E-state index is 11.8. The molecule has 1 heterocycles. The summed E-state index contributed by atoms with van der Waals surface area (Å²) in [6.07, 6.45) is 2.96. The maximum Gasteiger partial charge on any atom is 0.319 e. The van der Waals surface area contributed by atoms with Gasteiger partial charge in [0.25, 0.3) is 0 Å². The van der Waals surface area contributed by atoms with Crippen LogP contribution in [-0.4, -0.2) is 38.9 Å². The Morgan fingerprint density at radius 2 is 2.10 bits per heavy atom. The summed E-state index contributed by atoms with van der Waals surface area (Å²) in [5.74, 6) is -1.02. The summed E-state index contributed by atoms with van der Waals surface area (Å²) in [7, 11) is 3.03. The highest BCUT2D eigenvalue weighted by Crippen LogP contribution is 2.24. The van der Waals surface area contributed by atoms with E-state index >= 15 is 0 Å². The third kappa shape index (κ3) is 4.18. The van der Waals surface area contributed by atoms with Crippen LogP contribution in [0.3, 0.4) is 0 Å². The number of amides is 2. The van der Waals surface area contributed by atoms with Gasteiger partial charge in [-0.15, -0.1) is 0 Å². The quantitative estimate of drug-likeness (QED) is 0.819. The minimum atomic E-state index is -1.02. The van der Waals surface area contributed by atoms with Crippen LogP contribution in [0.4, 0.5) is 10.5 Å². The van der Waals surface area contributed by atoms with Gasteiger partial charge in [0.15, 0.2) is 6.29 Å². The molecule has 114 valence electrons. The minimum absolute atomic E-state index is 0.152. The number of methoxy groups -OCH3 is 2. The lowest BCUT2D eigenvalue weighted by molar-refractivity contribution is -0.238. The van der Waals surface area contributed by atoms with Gasteiger partial charge in [0.05, 0.1) is 6.54 Å². The second kappa shape index (κ2) is 6.91. The van der Waals surface area contributed by atoms with Gasteiger partial charge in [-0.3, -0.25) is 0 Å². The first-order valence-electron chi connectivity index (χ1n) is 6.32. The van der Waals surface area contributed by atoms with E-state index in [2.05, 4.69) is 10.6 Å². The summed E-state index contributed by atoms with van der Waals surface area (Å²) in [6.45, 7) is 0.152. The Morgan fingerprint density at radius 1 is 1.38 bits per heavy atom. The molecule has 0 bridgehead atoms. The lowest BCUT2D eigenvalue weighted by atomic mass is 10.2. The van der Waals surface area contributed by atoms with Crippen LogP contribution in [0.2, 0.25) is 5.02 Å². The van der Waals surface area contributed by atoms with Gasteiger partial charge in [-0.05, 0) is 36.4 Å². The standard InChI is InChI=1S/C14H17ClN2O4/c1-19-12-7-8-14(20-2,21-12)9-16-13(18)17-11-5-3-10(15)4-6-11/h3-8,12H,9H2,1-2H3,(H2,16,17,18). The van der Waals surface area contributed by atoms with Gasteiger partial charge in [0, 0.05) is 24.9 Å². The van der Waals surface area contributed by atoms with Gasteiger partial charge in [-0.2, -0.15) is 0 Å². The summed E-state index contributed by atoms with van der Waals surface area (Å²) in [4.78, 5) is 11.8. The predicted molar refractivity (Wildman–Crippen MR) is 79.2 cm³/mol. The van der Waals surface area contributed by atoms with Crippen molar-refractivity contribution in [3.63, 3.8) is 0 Å². The van der Waals surface area contributed by atoms with Gasteiger partial charge in [0.2, 0.25) is 5.79 Å². The van der Waals surface area contributed by atoms with Crippen molar-refractivity contribution in [1.82, 2.24) is 5.32 Å². The van der Waals surface area contributed by atoms with Crippen molar-refractivity contribution in [1.29, 1.82) is 0 Å². The molecular formula is C14H17ClN2O4. The first-order valence-corrected chi connectivity index (χ1v) is 6.70. The van der Waals surface area contributed by atoms with E-state index in [9.17, 15) is 4.79 Å². The average Bonchev–Trinajstić information content (AvgIpc) is 2.92. The molecule has 2 unspecified atom stereocenters. The Balaban J connectivity index is 1.86. The number of hydrogen-bond donors (Lipinski definition) is 2. The van der Waals surface area contributed by atoms with Gasteiger partial charge < -0.3 is 24.8 Å². The molecule has 7 heteroatoms. The highest BCUT2D eigenvalue weighted by molar-refractivity contribution is 6.30. The fourth-order valence-electron chi connectivity index (χ4n) is 1.83. The number of carbonyl (C=O) groups excluding carboxylic acids is 1. The number of urea groups is 1. The topological polar surface area (TPSA) is 68.8 Å². The molecule has 1 aromatic carbocycles. The van der Waals surface area contributed by atoms with E-state index in [-0.39, 0.29) is 12.6 Å². The van der Waals surface area contributed by atoms with Crippen molar-refractivity contribution < 1.29 is 19.0 Å². The Morgan fingerprint density at radius 3 is 2.67 bits per heavy atom. The number of ether oxygens (including phenoxy) is 3. The third-order valence-electron chi connectivity index (χ3n) is 3.00. The number of benzene rings is 1. The van der Waals surface area contributed by atoms with Crippen molar-refractivity contribution in [2.75, 3.05) is 26.1 Å². The molecule has 0 radical (unpaired) electrons. The molecule has 2 N–H and O–H groups in total. The van der Waals surface area contributed by atoms with Crippen LogP contribution in [0.15, 0.2) is 36.4 Å². The largest absolute Gasteiger partial charge is 0.352 e. The monoisotopic (exact) mass is 312 g/mol. The summed E-state index contributed by atoms with van der Waals surface area (Å²) in [5.41, 5.74) is 0.640. The predicted octanol–water partition coefficient (Wildman–Crippen LogP) is 2.36. The van der Waals surface area contributed by atoms with Crippen LogP contribution in [-0.2, 0) is 14.2 Å². The molecular weight excluding hydrogens is 296 g/mol. The van der Waals surface area contributed by atoms with E-state index in [0.717, 1.165) is 0 Å². The Bertz CT molecular complexity index is 520. The van der Waals surface area contributed by atoms with Crippen molar-refractivity contribution in [2.24, 2.45) is 0 Å². The van der Waals surface area contributed by atoms with Crippen LogP contribution in [0.25, 0.3) is 0 Å². The van der Waals surface area contributed by atoms with Crippen LogP contribution in [0.1, 0.15) is 0 Å². The van der Waals surface area contributed by atoms with Crippen molar-refractivity contribution in [2.45, 2.75) is 12.1 Å². The molecule has 1 aromatic rings. The fourth-order valence-corrected chi connectivity index (χ4v) is 1.95. The Labute approximate surface area is 128 Å². The molecule has 2 atom stereocenters. The second-order valence-corrected chi connectivity index (χ2v) is 4.85. The second-order valence-electron chi connectivity index (χ2n) is 4.41. The van der Waals surface area contributed by atoms with E-state index < -0.39 is 12.1 Å². The Hall–Kier alpha value is -1.60. The van der Waals surface area contributed by atoms with E-state index in [1.807, 2.05) is 0 Å². The highest BCUT2D eigenvalue weighted by Gasteiger charge is 2.36. The molecule has 6 nitrogen and oxygen atoms in total. The van der Waals surface area contributed by atoms with Crippen LogP contribution >= 0.6 is 11.6 Å². The lowest BCUT2D eigenvalue weighted by Crippen LogP contribution is -2.45. The van der Waals surface area contributed by atoms with E-state index in [4.69, 9.17) is 25.8 Å². The number of halogens is 1. The zero-order valence-electron chi connectivity index (χ0n) is 11.8. The van der Waals surface area contributed by atoms with Crippen LogP contribution in [0.5, 0.6) is 0 Å². The van der Waals surface area contributed by atoms with Gasteiger partial charge >= 0.3 is 6.03 Å². The molecule has 1 aliphatic rings. The van der Waals surface area contributed by atoms with Gasteiger partial charge in [-0.25, -0.2) is 4.79 Å². The van der Waals surface area contributed by atoms with E-state index in [1.54, 1.807) is 36.4 Å². The molecule has 0 saturated carbocycles. The number of rotatable bonds is 5. The summed E-state index contributed by atoms with van der Waals surface area (Å²) < 4.78 is 15.9. The summed E-state index contributed by atoms with van der Waals surface area (Å²) in [5, 5.41) is 5.97. The zero-order chi connectivity index (χ0) is 15.3. The SMILES string of the molecule is COC1C=CC(CNC(=O)Nc2ccc(Cl)cc2)(OC)O1. The van der Waals surface area contributed by atoms with E-state index in [0.29, 0.717) is 10.7 Å². The molecule has 1 aliphatic heterocycles. The molecule has 0 aliphatic carbocycles. The lowest BCUT2D eigenvalue weighted by Gasteiger charge is -2.27. The van der Waals surface area contributed by atoms with E-state index in [1.165, 1.54) is 14.2 Å². The fraction of sp³-hybridized carbons (Fsp3) is 0.357. The first kappa shape index (κ1) is 15.8. The maximum absolute atomic E-state index is 11.8. The molecule has 0 saturated heterocycles. The number of nitrogens with one attached hydrogen (secondary N) is 2. The first-order chi connectivity index (χ1) is 10.1.